The Morgan fingerprint density at radius 2 is 1.23 bits per heavy atom. The fourth-order valence-electron chi connectivity index (χ4n) is 2.63. The first-order valence-corrected chi connectivity index (χ1v) is 7.68. The van der Waals surface area contributed by atoms with Gasteiger partial charge >= 0.3 is 0 Å². The third-order valence-electron chi connectivity index (χ3n) is 3.92. The minimum atomic E-state index is 0.967. The van der Waals surface area contributed by atoms with E-state index < -0.39 is 0 Å². The molecule has 0 nitrogen and oxygen atoms in total. The van der Waals surface area contributed by atoms with Crippen LogP contribution < -0.4 is 0 Å². The predicted octanol–water partition coefficient (Wildman–Crippen LogP) is 5.76. The molecule has 0 heteroatoms. The second kappa shape index (κ2) is 6.91. The summed E-state index contributed by atoms with van der Waals surface area (Å²) in [5.74, 6) is 0. The van der Waals surface area contributed by atoms with Crippen LogP contribution in [0.5, 0.6) is 0 Å². The van der Waals surface area contributed by atoms with Crippen molar-refractivity contribution in [1.29, 1.82) is 0 Å². The second-order valence-electron chi connectivity index (χ2n) is 5.55. The van der Waals surface area contributed by atoms with E-state index >= 15 is 0 Å². The number of aryl methyl sites for hydroxylation is 1. The normalized spacial score (nSPS) is 11.0. The fraction of sp³-hybridized carbons (Fsp3) is 0.0909. The van der Waals surface area contributed by atoms with Crippen LogP contribution in [-0.4, -0.2) is 0 Å². The van der Waals surface area contributed by atoms with Crippen molar-refractivity contribution in [3.8, 4) is 0 Å². The van der Waals surface area contributed by atoms with Crippen LogP contribution in [0.2, 0.25) is 0 Å². The monoisotopic (exact) mass is 284 g/mol. The van der Waals surface area contributed by atoms with Crippen molar-refractivity contribution in [3.05, 3.63) is 107 Å². The summed E-state index contributed by atoms with van der Waals surface area (Å²) in [6, 6.07) is 27.7. The van der Waals surface area contributed by atoms with Gasteiger partial charge < -0.3 is 0 Å². The van der Waals surface area contributed by atoms with Crippen LogP contribution in [0.3, 0.4) is 0 Å². The maximum absolute atomic E-state index is 2.22. The molecule has 0 saturated heterocycles. The lowest BCUT2D eigenvalue weighted by molar-refractivity contribution is 1.19. The van der Waals surface area contributed by atoms with E-state index in [4.69, 9.17) is 0 Å². The Morgan fingerprint density at radius 3 is 2.00 bits per heavy atom. The average molecular weight is 284 g/mol. The molecular formula is C22H20. The molecular weight excluding hydrogens is 264 g/mol. The summed E-state index contributed by atoms with van der Waals surface area (Å²) in [6.07, 6.45) is 5.40. The van der Waals surface area contributed by atoms with Gasteiger partial charge in [-0.15, -0.1) is 0 Å². The number of hydrogen-bond donors (Lipinski definition) is 0. The molecule has 0 aliphatic carbocycles. The smallest absolute Gasteiger partial charge is 0.00198 e. The summed E-state index contributed by atoms with van der Waals surface area (Å²) < 4.78 is 0. The maximum Gasteiger partial charge on any atom is -0.00198 e. The van der Waals surface area contributed by atoms with Gasteiger partial charge in [0.2, 0.25) is 0 Å². The predicted molar refractivity (Wildman–Crippen MR) is 95.8 cm³/mol. The van der Waals surface area contributed by atoms with E-state index in [9.17, 15) is 0 Å². The summed E-state index contributed by atoms with van der Waals surface area (Å²) in [5.41, 5.74) is 6.57. The lowest BCUT2D eigenvalue weighted by Gasteiger charge is -2.06. The largest absolute Gasteiger partial charge is 0.0622 e. The topological polar surface area (TPSA) is 0 Å². The van der Waals surface area contributed by atoms with E-state index in [2.05, 4.69) is 97.9 Å². The molecule has 0 heterocycles. The lowest BCUT2D eigenvalue weighted by atomic mass is 9.98. The molecule has 0 bridgehead atoms. The van der Waals surface area contributed by atoms with Crippen molar-refractivity contribution in [1.82, 2.24) is 0 Å². The van der Waals surface area contributed by atoms with Gasteiger partial charge in [0.15, 0.2) is 0 Å². The van der Waals surface area contributed by atoms with Gasteiger partial charge in [0.1, 0.15) is 0 Å². The summed E-state index contributed by atoms with van der Waals surface area (Å²) in [4.78, 5) is 0. The molecule has 0 amide bonds. The Kier molecular flexibility index (Phi) is 4.50. The van der Waals surface area contributed by atoms with E-state index in [1.54, 1.807) is 0 Å². The van der Waals surface area contributed by atoms with Gasteiger partial charge in [-0.25, -0.2) is 0 Å². The quantitative estimate of drug-likeness (QED) is 0.535. The van der Waals surface area contributed by atoms with Crippen LogP contribution in [0.15, 0.2) is 78.9 Å². The molecule has 0 aromatic heterocycles. The Balaban J connectivity index is 1.87. The van der Waals surface area contributed by atoms with Gasteiger partial charge in [-0.05, 0) is 41.2 Å². The zero-order valence-corrected chi connectivity index (χ0v) is 12.9. The maximum atomic E-state index is 2.22. The summed E-state index contributed by atoms with van der Waals surface area (Å²) in [7, 11) is 0. The Labute approximate surface area is 132 Å². The minimum Gasteiger partial charge on any atom is -0.0622 e. The van der Waals surface area contributed by atoms with E-state index in [0.717, 1.165) is 6.42 Å². The van der Waals surface area contributed by atoms with Gasteiger partial charge in [-0.2, -0.15) is 0 Å². The second-order valence-corrected chi connectivity index (χ2v) is 5.55. The third-order valence-corrected chi connectivity index (χ3v) is 3.92. The first-order valence-electron chi connectivity index (χ1n) is 7.68. The fourth-order valence-corrected chi connectivity index (χ4v) is 2.63. The molecule has 108 valence electrons. The van der Waals surface area contributed by atoms with Crippen molar-refractivity contribution in [2.75, 3.05) is 0 Å². The standard InChI is InChI=1S/C22H20/c1-18-9-5-6-12-20(18)15-16-21-13-7-8-14-22(21)17-19-10-3-2-4-11-19/h2-16H,17H2,1H3. The number of rotatable bonds is 4. The number of benzene rings is 3. The molecule has 0 unspecified atom stereocenters. The summed E-state index contributed by atoms with van der Waals surface area (Å²) in [5, 5.41) is 0. The molecule has 0 fully saturated rings. The van der Waals surface area contributed by atoms with Crippen molar-refractivity contribution >= 4 is 12.2 Å². The highest BCUT2D eigenvalue weighted by atomic mass is 14.1. The van der Waals surface area contributed by atoms with Crippen LogP contribution in [0, 0.1) is 6.92 Å². The SMILES string of the molecule is Cc1ccccc1C=Cc1ccccc1Cc1ccccc1. The zero-order chi connectivity index (χ0) is 15.2. The van der Waals surface area contributed by atoms with Crippen LogP contribution in [0.4, 0.5) is 0 Å². The lowest BCUT2D eigenvalue weighted by Crippen LogP contribution is -1.91. The highest BCUT2D eigenvalue weighted by Gasteiger charge is 2.00. The van der Waals surface area contributed by atoms with Crippen LogP contribution in [-0.2, 0) is 6.42 Å². The molecule has 0 radical (unpaired) electrons. The van der Waals surface area contributed by atoms with E-state index in [-0.39, 0.29) is 0 Å². The van der Waals surface area contributed by atoms with Gasteiger partial charge in [0, 0.05) is 0 Å². The first kappa shape index (κ1) is 14.3. The minimum absolute atomic E-state index is 0.967. The Hall–Kier alpha value is -2.60. The van der Waals surface area contributed by atoms with Crippen LogP contribution >= 0.6 is 0 Å². The zero-order valence-electron chi connectivity index (χ0n) is 12.9. The van der Waals surface area contributed by atoms with Crippen molar-refractivity contribution < 1.29 is 0 Å². The first-order chi connectivity index (χ1) is 10.8. The van der Waals surface area contributed by atoms with E-state index in [1.165, 1.54) is 27.8 Å². The molecule has 0 spiro atoms. The molecule has 3 aromatic rings. The van der Waals surface area contributed by atoms with Gasteiger partial charge in [-0.3, -0.25) is 0 Å². The van der Waals surface area contributed by atoms with Gasteiger partial charge in [-0.1, -0.05) is 91.0 Å². The summed E-state index contributed by atoms with van der Waals surface area (Å²) >= 11 is 0. The molecule has 22 heavy (non-hydrogen) atoms. The Bertz CT molecular complexity index is 767. The van der Waals surface area contributed by atoms with Gasteiger partial charge in [0.25, 0.3) is 0 Å². The van der Waals surface area contributed by atoms with Gasteiger partial charge in [0.05, 0.1) is 0 Å². The highest BCUT2D eigenvalue weighted by Crippen LogP contribution is 2.18. The van der Waals surface area contributed by atoms with E-state index in [0.29, 0.717) is 0 Å². The summed E-state index contributed by atoms with van der Waals surface area (Å²) in [6.45, 7) is 2.15. The van der Waals surface area contributed by atoms with Crippen molar-refractivity contribution in [2.24, 2.45) is 0 Å². The molecule has 3 rings (SSSR count). The Morgan fingerprint density at radius 1 is 0.636 bits per heavy atom. The average Bonchev–Trinajstić information content (AvgIpc) is 2.56. The van der Waals surface area contributed by atoms with Crippen LogP contribution in [0.1, 0.15) is 27.8 Å². The van der Waals surface area contributed by atoms with Crippen LogP contribution in [0.25, 0.3) is 12.2 Å². The molecule has 0 aliphatic rings. The molecule has 0 N–H and O–H groups in total. The van der Waals surface area contributed by atoms with Crippen molar-refractivity contribution in [3.63, 3.8) is 0 Å². The molecule has 0 saturated carbocycles. The highest BCUT2D eigenvalue weighted by molar-refractivity contribution is 5.72. The van der Waals surface area contributed by atoms with Crippen molar-refractivity contribution in [2.45, 2.75) is 13.3 Å². The number of hydrogen-bond acceptors (Lipinski definition) is 0. The van der Waals surface area contributed by atoms with E-state index in [1.807, 2.05) is 0 Å². The molecule has 0 aliphatic heterocycles. The molecule has 3 aromatic carbocycles. The molecule has 0 atom stereocenters. The third kappa shape index (κ3) is 3.53.